The van der Waals surface area contributed by atoms with Crippen LogP contribution in [0.1, 0.15) is 29.0 Å². The quantitative estimate of drug-likeness (QED) is 0.152. The maximum atomic E-state index is 11.9. The van der Waals surface area contributed by atoms with Crippen LogP contribution in [-0.4, -0.2) is 62.2 Å². The first-order valence-electron chi connectivity index (χ1n) is 14.5. The molecule has 4 aromatic rings. The largest absolute Gasteiger partial charge is 0.491 e. The lowest BCUT2D eigenvalue weighted by molar-refractivity contribution is 0.0647. The Kier molecular flexibility index (Phi) is 12.2. The highest BCUT2D eigenvalue weighted by atomic mass is 16.5. The van der Waals surface area contributed by atoms with Gasteiger partial charge in [0.25, 0.3) is 0 Å². The molecule has 2 amide bonds. The summed E-state index contributed by atoms with van der Waals surface area (Å²) in [6, 6.07) is 34.8. The third-order valence-corrected chi connectivity index (χ3v) is 7.08. The predicted octanol–water partition coefficient (Wildman–Crippen LogP) is 6.51. The lowest BCUT2D eigenvalue weighted by Crippen LogP contribution is -2.36. The van der Waals surface area contributed by atoms with E-state index >= 15 is 0 Å². The molecule has 0 aromatic heterocycles. The van der Waals surface area contributed by atoms with E-state index in [4.69, 9.17) is 14.2 Å². The Hall–Kier alpha value is -4.86. The highest BCUT2D eigenvalue weighted by Gasteiger charge is 2.20. The third kappa shape index (κ3) is 10.1. The van der Waals surface area contributed by atoms with Crippen LogP contribution >= 0.6 is 0 Å². The van der Waals surface area contributed by atoms with E-state index < -0.39 is 18.3 Å². The van der Waals surface area contributed by atoms with Crippen LogP contribution in [0, 0.1) is 0 Å². The molecule has 0 aliphatic rings. The van der Waals surface area contributed by atoms with Gasteiger partial charge < -0.3 is 19.3 Å². The Labute approximate surface area is 258 Å². The maximum absolute atomic E-state index is 11.9. The second-order valence-corrected chi connectivity index (χ2v) is 10.3. The van der Waals surface area contributed by atoms with Crippen LogP contribution in [0.15, 0.2) is 109 Å². The number of methoxy groups -OCH3 is 2. The number of rotatable bonds is 14. The predicted molar refractivity (Wildman–Crippen MR) is 171 cm³/mol. The summed E-state index contributed by atoms with van der Waals surface area (Å²) < 4.78 is 15.4. The fourth-order valence-electron chi connectivity index (χ4n) is 4.98. The maximum Gasteiger partial charge on any atom is 0.411 e. The Morgan fingerprint density at radius 1 is 0.750 bits per heavy atom. The molecule has 0 spiro atoms. The molecule has 0 heterocycles. The van der Waals surface area contributed by atoms with Crippen molar-refractivity contribution < 1.29 is 28.9 Å². The van der Waals surface area contributed by atoms with Gasteiger partial charge in [-0.25, -0.2) is 9.59 Å². The van der Waals surface area contributed by atoms with Gasteiger partial charge in [0.1, 0.15) is 18.5 Å². The summed E-state index contributed by atoms with van der Waals surface area (Å²) in [5.74, 6) is 0.604. The van der Waals surface area contributed by atoms with Crippen LogP contribution < -0.4 is 15.4 Å². The van der Waals surface area contributed by atoms with Crippen molar-refractivity contribution in [2.75, 3.05) is 44.5 Å². The van der Waals surface area contributed by atoms with Gasteiger partial charge >= 0.3 is 12.2 Å². The van der Waals surface area contributed by atoms with Gasteiger partial charge in [0.05, 0.1) is 14.2 Å². The zero-order valence-electron chi connectivity index (χ0n) is 25.0. The van der Waals surface area contributed by atoms with E-state index in [0.29, 0.717) is 43.2 Å². The Bertz CT molecular complexity index is 1410. The number of carbonyl (C=O) groups is 2. The first-order valence-corrected chi connectivity index (χ1v) is 14.5. The standard InChI is InChI=1S/C35H39N3O6/c1-42-34(40)36-29-15-9-13-27(21-29)33(28-14-10-16-30(22-28)37-35(41)43-2)19-20-38(23-26-11-5-3-6-12-26)24-31(39)25-44-32-17-7-4-8-18-32/h3-18,21-22,31,33,39H,19-20,23-25H2,1-2H3,(H,36,40)(H,37,41)/t31-/m0/s1. The number of nitrogens with one attached hydrogen (secondary N) is 2. The van der Waals surface area contributed by atoms with Crippen molar-refractivity contribution in [2.45, 2.75) is 25.0 Å². The number of aliphatic hydroxyl groups is 1. The van der Waals surface area contributed by atoms with Gasteiger partial charge in [0.2, 0.25) is 0 Å². The fourth-order valence-corrected chi connectivity index (χ4v) is 4.98. The molecular formula is C35H39N3O6. The smallest absolute Gasteiger partial charge is 0.411 e. The van der Waals surface area contributed by atoms with E-state index in [1.165, 1.54) is 14.2 Å². The molecule has 3 N–H and O–H groups in total. The van der Waals surface area contributed by atoms with E-state index in [1.54, 1.807) is 12.1 Å². The number of para-hydroxylation sites is 1. The van der Waals surface area contributed by atoms with E-state index in [1.807, 2.05) is 84.9 Å². The highest BCUT2D eigenvalue weighted by molar-refractivity contribution is 5.85. The lowest BCUT2D eigenvalue weighted by atomic mass is 9.87. The summed E-state index contributed by atoms with van der Waals surface area (Å²) in [5.41, 5.74) is 4.30. The van der Waals surface area contributed by atoms with Gasteiger partial charge in [0.15, 0.2) is 0 Å². The van der Waals surface area contributed by atoms with Gasteiger partial charge in [-0.3, -0.25) is 15.5 Å². The molecular weight excluding hydrogens is 558 g/mol. The third-order valence-electron chi connectivity index (χ3n) is 7.08. The van der Waals surface area contributed by atoms with Gasteiger partial charge in [0, 0.05) is 30.4 Å². The molecule has 0 fully saturated rings. The second-order valence-electron chi connectivity index (χ2n) is 10.3. The molecule has 0 aliphatic carbocycles. The molecule has 0 saturated heterocycles. The normalized spacial score (nSPS) is 11.6. The second kappa shape index (κ2) is 16.7. The minimum absolute atomic E-state index is 0.107. The zero-order valence-corrected chi connectivity index (χ0v) is 25.0. The molecule has 9 nitrogen and oxygen atoms in total. The average molecular weight is 598 g/mol. The van der Waals surface area contributed by atoms with E-state index in [-0.39, 0.29) is 12.5 Å². The molecule has 9 heteroatoms. The number of carbonyl (C=O) groups excluding carboxylic acids is 2. The van der Waals surface area contributed by atoms with Crippen LogP contribution in [0.3, 0.4) is 0 Å². The summed E-state index contributed by atoms with van der Waals surface area (Å²) in [4.78, 5) is 26.1. The highest BCUT2D eigenvalue weighted by Crippen LogP contribution is 2.32. The van der Waals surface area contributed by atoms with Crippen molar-refractivity contribution in [3.05, 3.63) is 126 Å². The van der Waals surface area contributed by atoms with Crippen molar-refractivity contribution in [1.29, 1.82) is 0 Å². The van der Waals surface area contributed by atoms with Gasteiger partial charge in [-0.15, -0.1) is 0 Å². The molecule has 0 aliphatic heterocycles. The zero-order chi connectivity index (χ0) is 31.1. The number of nitrogens with zero attached hydrogens (tertiary/aromatic N) is 1. The summed E-state index contributed by atoms with van der Waals surface area (Å²) in [6.07, 6.45) is -1.13. The molecule has 0 unspecified atom stereocenters. The van der Waals surface area contributed by atoms with E-state index in [9.17, 15) is 14.7 Å². The SMILES string of the molecule is COC(=O)Nc1cccc(C(CCN(Cc2ccccc2)C[C@H](O)COc2ccccc2)c2cccc(NC(=O)OC)c2)c1. The van der Waals surface area contributed by atoms with Crippen molar-refractivity contribution in [1.82, 2.24) is 4.90 Å². The number of anilines is 2. The van der Waals surface area contributed by atoms with Crippen LogP contribution in [-0.2, 0) is 16.0 Å². The van der Waals surface area contributed by atoms with Crippen LogP contribution in [0.5, 0.6) is 5.75 Å². The summed E-state index contributed by atoms with van der Waals surface area (Å²) in [7, 11) is 2.64. The fraction of sp³-hybridized carbons (Fsp3) is 0.257. The Balaban J connectivity index is 1.57. The topological polar surface area (TPSA) is 109 Å². The van der Waals surface area contributed by atoms with Gasteiger partial charge in [-0.2, -0.15) is 0 Å². The Morgan fingerprint density at radius 3 is 1.84 bits per heavy atom. The number of amides is 2. The minimum atomic E-state index is -0.711. The average Bonchev–Trinajstić information content (AvgIpc) is 3.05. The Morgan fingerprint density at radius 2 is 1.30 bits per heavy atom. The first kappa shape index (κ1) is 32.1. The van der Waals surface area contributed by atoms with Crippen molar-refractivity contribution in [3.63, 3.8) is 0 Å². The number of hydrogen-bond donors (Lipinski definition) is 3. The molecule has 0 radical (unpaired) electrons. The van der Waals surface area contributed by atoms with Crippen molar-refractivity contribution in [3.8, 4) is 5.75 Å². The summed E-state index contributed by atoms with van der Waals surface area (Å²) in [6.45, 7) is 1.86. The number of ether oxygens (including phenoxy) is 3. The monoisotopic (exact) mass is 597 g/mol. The van der Waals surface area contributed by atoms with E-state index in [0.717, 1.165) is 16.7 Å². The first-order chi connectivity index (χ1) is 21.4. The summed E-state index contributed by atoms with van der Waals surface area (Å²) in [5, 5.41) is 16.5. The van der Waals surface area contributed by atoms with Crippen LogP contribution in [0.4, 0.5) is 21.0 Å². The van der Waals surface area contributed by atoms with Gasteiger partial charge in [-0.1, -0.05) is 72.8 Å². The number of aliphatic hydroxyl groups excluding tert-OH is 1. The number of benzene rings is 4. The van der Waals surface area contributed by atoms with Crippen molar-refractivity contribution >= 4 is 23.6 Å². The minimum Gasteiger partial charge on any atom is -0.491 e. The lowest BCUT2D eigenvalue weighted by Gasteiger charge is -2.28. The molecule has 0 bridgehead atoms. The summed E-state index contributed by atoms with van der Waals surface area (Å²) >= 11 is 0. The van der Waals surface area contributed by atoms with E-state index in [2.05, 4.69) is 27.7 Å². The molecule has 0 saturated carbocycles. The molecule has 4 aromatic carbocycles. The molecule has 4 rings (SSSR count). The number of hydrogen-bond acceptors (Lipinski definition) is 7. The molecule has 230 valence electrons. The molecule has 1 atom stereocenters. The van der Waals surface area contributed by atoms with Crippen LogP contribution in [0.25, 0.3) is 0 Å². The van der Waals surface area contributed by atoms with Crippen LogP contribution in [0.2, 0.25) is 0 Å². The molecule has 44 heavy (non-hydrogen) atoms. The van der Waals surface area contributed by atoms with Gasteiger partial charge in [-0.05, 0) is 66.1 Å². The van der Waals surface area contributed by atoms with Crippen molar-refractivity contribution in [2.24, 2.45) is 0 Å².